The predicted molar refractivity (Wildman–Crippen MR) is 66.8 cm³/mol. The molecular formula is C9H14N2O4S2. The van der Waals surface area contributed by atoms with Crippen molar-refractivity contribution < 1.29 is 18.3 Å². The lowest BCUT2D eigenvalue weighted by Gasteiger charge is -2.14. The summed E-state index contributed by atoms with van der Waals surface area (Å²) in [6, 6.07) is 0. The van der Waals surface area contributed by atoms with Crippen LogP contribution in [0, 0.1) is 6.92 Å². The van der Waals surface area contributed by atoms with Gasteiger partial charge in [0.1, 0.15) is 14.7 Å². The zero-order valence-electron chi connectivity index (χ0n) is 9.80. The molecule has 8 heteroatoms. The summed E-state index contributed by atoms with van der Waals surface area (Å²) in [5.41, 5.74) is 0.448. The average Bonchev–Trinajstić information content (AvgIpc) is 2.55. The number of carbonyl (C=O) groups is 1. The van der Waals surface area contributed by atoms with Gasteiger partial charge >= 0.3 is 5.97 Å². The quantitative estimate of drug-likeness (QED) is 0.850. The molecule has 0 bridgehead atoms. The zero-order valence-corrected chi connectivity index (χ0v) is 11.4. The highest BCUT2D eigenvalue weighted by atomic mass is 32.2. The normalized spacial score (nSPS) is 11.5. The lowest BCUT2D eigenvalue weighted by molar-refractivity contribution is 0.0701. The number of anilines is 1. The molecule has 0 aliphatic carbocycles. The predicted octanol–water partition coefficient (Wildman–Crippen LogP) is 0.631. The van der Waals surface area contributed by atoms with Crippen molar-refractivity contribution >= 4 is 32.3 Å². The van der Waals surface area contributed by atoms with Crippen LogP contribution >= 0.6 is 11.3 Å². The molecule has 0 saturated heterocycles. The number of carboxylic acid groups (broad SMARTS) is 1. The summed E-state index contributed by atoms with van der Waals surface area (Å²) in [6.45, 7) is 1.92. The molecule has 0 atom stereocenters. The third-order valence-corrected chi connectivity index (χ3v) is 4.29. The minimum atomic E-state index is -3.03. The van der Waals surface area contributed by atoms with E-state index in [2.05, 4.69) is 4.98 Å². The summed E-state index contributed by atoms with van der Waals surface area (Å²) in [6.07, 6.45) is 1.16. The van der Waals surface area contributed by atoms with Gasteiger partial charge in [-0.2, -0.15) is 0 Å². The van der Waals surface area contributed by atoms with E-state index in [1.165, 1.54) is 0 Å². The van der Waals surface area contributed by atoms with Crippen LogP contribution < -0.4 is 4.90 Å². The number of hydrogen-bond acceptors (Lipinski definition) is 6. The highest BCUT2D eigenvalue weighted by molar-refractivity contribution is 7.90. The fourth-order valence-corrected chi connectivity index (χ4v) is 2.64. The molecule has 1 aromatic rings. The minimum absolute atomic E-state index is 0.0184. The molecular weight excluding hydrogens is 264 g/mol. The van der Waals surface area contributed by atoms with Crippen molar-refractivity contribution in [3.8, 4) is 0 Å². The highest BCUT2D eigenvalue weighted by Gasteiger charge is 2.16. The summed E-state index contributed by atoms with van der Waals surface area (Å²) >= 11 is 1.05. The van der Waals surface area contributed by atoms with Gasteiger partial charge < -0.3 is 10.0 Å². The SMILES string of the molecule is Cc1nc(N(C)CCS(C)(=O)=O)sc1C(=O)O. The van der Waals surface area contributed by atoms with E-state index in [1.807, 2.05) is 0 Å². The van der Waals surface area contributed by atoms with E-state index in [-0.39, 0.29) is 10.6 Å². The van der Waals surface area contributed by atoms with Gasteiger partial charge in [-0.25, -0.2) is 18.2 Å². The molecule has 0 amide bonds. The second-order valence-electron chi connectivity index (χ2n) is 3.77. The van der Waals surface area contributed by atoms with Crippen LogP contribution in [0.1, 0.15) is 15.4 Å². The fourth-order valence-electron chi connectivity index (χ4n) is 1.14. The second kappa shape index (κ2) is 5.01. The standard InChI is InChI=1S/C9H14N2O4S2/c1-6-7(8(12)13)16-9(10-6)11(2)4-5-17(3,14)15/h4-5H2,1-3H3,(H,12,13). The van der Waals surface area contributed by atoms with Crippen LogP contribution in [0.15, 0.2) is 0 Å². The number of sulfone groups is 1. The van der Waals surface area contributed by atoms with Crippen LogP contribution in [-0.4, -0.2) is 50.1 Å². The van der Waals surface area contributed by atoms with Crippen molar-refractivity contribution in [1.29, 1.82) is 0 Å². The van der Waals surface area contributed by atoms with Crippen molar-refractivity contribution in [2.75, 3.05) is 30.5 Å². The van der Waals surface area contributed by atoms with Gasteiger partial charge in [0.05, 0.1) is 11.4 Å². The Kier molecular flexibility index (Phi) is 4.10. The Hall–Kier alpha value is -1.15. The van der Waals surface area contributed by atoms with Crippen LogP contribution in [0.5, 0.6) is 0 Å². The molecule has 0 radical (unpaired) electrons. The van der Waals surface area contributed by atoms with Crippen LogP contribution in [0.4, 0.5) is 5.13 Å². The molecule has 17 heavy (non-hydrogen) atoms. The van der Waals surface area contributed by atoms with Gasteiger partial charge in [0.25, 0.3) is 0 Å². The van der Waals surface area contributed by atoms with Crippen LogP contribution in [0.3, 0.4) is 0 Å². The molecule has 1 rings (SSSR count). The number of thiazole rings is 1. The van der Waals surface area contributed by atoms with E-state index in [0.29, 0.717) is 17.4 Å². The topological polar surface area (TPSA) is 87.6 Å². The van der Waals surface area contributed by atoms with Gasteiger partial charge in [-0.15, -0.1) is 0 Å². The van der Waals surface area contributed by atoms with E-state index >= 15 is 0 Å². The number of hydrogen-bond donors (Lipinski definition) is 1. The van der Waals surface area contributed by atoms with Crippen LogP contribution in [0.2, 0.25) is 0 Å². The third kappa shape index (κ3) is 3.97. The maximum atomic E-state index is 11.0. The molecule has 1 N–H and O–H groups in total. The molecule has 0 spiro atoms. The van der Waals surface area contributed by atoms with Crippen LogP contribution in [0.25, 0.3) is 0 Å². The second-order valence-corrected chi connectivity index (χ2v) is 7.00. The Morgan fingerprint density at radius 1 is 1.53 bits per heavy atom. The monoisotopic (exact) mass is 278 g/mol. The van der Waals surface area contributed by atoms with Crippen molar-refractivity contribution in [2.24, 2.45) is 0 Å². The molecule has 0 aliphatic rings. The molecule has 1 aromatic heterocycles. The number of nitrogens with zero attached hydrogens (tertiary/aromatic N) is 2. The lowest BCUT2D eigenvalue weighted by atomic mass is 10.4. The number of aromatic carboxylic acids is 1. The number of aryl methyl sites for hydroxylation is 1. The van der Waals surface area contributed by atoms with Crippen molar-refractivity contribution in [3.05, 3.63) is 10.6 Å². The van der Waals surface area contributed by atoms with Crippen LogP contribution in [-0.2, 0) is 9.84 Å². The maximum absolute atomic E-state index is 11.0. The first-order valence-corrected chi connectivity index (χ1v) is 7.68. The zero-order chi connectivity index (χ0) is 13.2. The summed E-state index contributed by atoms with van der Waals surface area (Å²) in [5.74, 6) is -0.993. The van der Waals surface area contributed by atoms with E-state index in [9.17, 15) is 13.2 Å². The molecule has 0 fully saturated rings. The Labute approximate surface area is 104 Å². The smallest absolute Gasteiger partial charge is 0.347 e. The van der Waals surface area contributed by atoms with E-state index in [4.69, 9.17) is 5.11 Å². The molecule has 1 heterocycles. The number of aromatic nitrogens is 1. The largest absolute Gasteiger partial charge is 0.477 e. The van der Waals surface area contributed by atoms with Gasteiger partial charge in [0, 0.05) is 19.8 Å². The van der Waals surface area contributed by atoms with Crippen molar-refractivity contribution in [1.82, 2.24) is 4.98 Å². The van der Waals surface area contributed by atoms with E-state index < -0.39 is 15.8 Å². The summed E-state index contributed by atoms with van der Waals surface area (Å²) in [5, 5.41) is 9.39. The Morgan fingerprint density at radius 2 is 2.12 bits per heavy atom. The molecule has 6 nitrogen and oxygen atoms in total. The first-order chi connectivity index (χ1) is 7.70. The maximum Gasteiger partial charge on any atom is 0.347 e. The number of carboxylic acids is 1. The lowest BCUT2D eigenvalue weighted by Crippen LogP contribution is -2.24. The average molecular weight is 278 g/mol. The first-order valence-electron chi connectivity index (χ1n) is 4.80. The van der Waals surface area contributed by atoms with Crippen molar-refractivity contribution in [3.63, 3.8) is 0 Å². The first kappa shape index (κ1) is 13.9. The highest BCUT2D eigenvalue weighted by Crippen LogP contribution is 2.24. The molecule has 0 aromatic carbocycles. The van der Waals surface area contributed by atoms with Gasteiger partial charge in [0.15, 0.2) is 5.13 Å². The summed E-state index contributed by atoms with van der Waals surface area (Å²) < 4.78 is 22.0. The number of rotatable bonds is 5. The Balaban J connectivity index is 2.80. The fraction of sp³-hybridized carbons (Fsp3) is 0.556. The van der Waals surface area contributed by atoms with E-state index in [0.717, 1.165) is 17.6 Å². The van der Waals surface area contributed by atoms with E-state index in [1.54, 1.807) is 18.9 Å². The minimum Gasteiger partial charge on any atom is -0.477 e. The van der Waals surface area contributed by atoms with Gasteiger partial charge in [-0.3, -0.25) is 0 Å². The van der Waals surface area contributed by atoms with Gasteiger partial charge in [-0.05, 0) is 6.92 Å². The molecule has 0 aliphatic heterocycles. The Bertz CT molecular complexity index is 521. The van der Waals surface area contributed by atoms with Crippen molar-refractivity contribution in [2.45, 2.75) is 6.92 Å². The Morgan fingerprint density at radius 3 is 2.53 bits per heavy atom. The molecule has 0 saturated carbocycles. The summed E-state index contributed by atoms with van der Waals surface area (Å²) in [7, 11) is -1.34. The van der Waals surface area contributed by atoms with Gasteiger partial charge in [0.2, 0.25) is 0 Å². The molecule has 0 unspecified atom stereocenters. The molecule has 96 valence electrons. The third-order valence-electron chi connectivity index (χ3n) is 2.10. The summed E-state index contributed by atoms with van der Waals surface area (Å²) in [4.78, 5) is 16.8. The van der Waals surface area contributed by atoms with Gasteiger partial charge in [-0.1, -0.05) is 11.3 Å².